The van der Waals surface area contributed by atoms with Crippen molar-refractivity contribution >= 4 is 23.9 Å². The molecule has 0 bridgehead atoms. The maximum absolute atomic E-state index is 13.9. The zero-order valence-electron chi connectivity index (χ0n) is 24.8. The largest absolute Gasteiger partial charge is 0.460 e. The van der Waals surface area contributed by atoms with Gasteiger partial charge in [0.15, 0.2) is 0 Å². The highest BCUT2D eigenvalue weighted by Crippen LogP contribution is 2.44. The average Bonchev–Trinajstić information content (AvgIpc) is 3.33. The molecule has 1 aliphatic rings. The quantitative estimate of drug-likeness (QED) is 0.0989. The van der Waals surface area contributed by atoms with Crippen molar-refractivity contribution in [3.05, 3.63) is 88.7 Å². The number of carbonyl (C=O) groups excluding carboxylic acids is 4. The van der Waals surface area contributed by atoms with E-state index in [0.29, 0.717) is 0 Å². The number of ether oxygens (including phenoxy) is 3. The van der Waals surface area contributed by atoms with Crippen molar-refractivity contribution in [3.63, 3.8) is 0 Å². The van der Waals surface area contributed by atoms with E-state index >= 15 is 0 Å². The minimum atomic E-state index is -2.45. The van der Waals surface area contributed by atoms with E-state index in [4.69, 9.17) is 9.47 Å². The number of nitrogens with one attached hydrogen (secondary N) is 2. The summed E-state index contributed by atoms with van der Waals surface area (Å²) >= 11 is 0. The van der Waals surface area contributed by atoms with Gasteiger partial charge in [-0.05, 0) is 49.4 Å². The van der Waals surface area contributed by atoms with Gasteiger partial charge in [-0.3, -0.25) is 9.59 Å². The summed E-state index contributed by atoms with van der Waals surface area (Å²) in [6.07, 6.45) is -1.71. The standard InChI is InChI=1S/C32H29F5N2O7/c1-32(2,3)46-22(40)13-12-21(30(42)38-14-23(41)45-29-27(36)25(34)24(33)26(35)28(29)37)39-31(43)44-15-20-18-10-6-4-8-16(18)17-9-5-7-11-19(17)20/h4-11,20-21H,12-15H2,1-3H3,(H,38,42)(H,39,43)/t21-/m0/s1. The second-order valence-electron chi connectivity index (χ2n) is 11.2. The first-order chi connectivity index (χ1) is 21.7. The molecule has 1 atom stereocenters. The van der Waals surface area contributed by atoms with Crippen LogP contribution in [0.4, 0.5) is 26.7 Å². The summed E-state index contributed by atoms with van der Waals surface area (Å²) in [6.45, 7) is 3.67. The van der Waals surface area contributed by atoms with Crippen molar-refractivity contribution < 1.29 is 55.3 Å². The van der Waals surface area contributed by atoms with Gasteiger partial charge >= 0.3 is 18.0 Å². The van der Waals surface area contributed by atoms with E-state index < -0.39 is 77.0 Å². The SMILES string of the molecule is CC(C)(C)OC(=O)CC[C@H](NC(=O)OCC1c2ccccc2-c2ccccc21)C(=O)NCC(=O)Oc1c(F)c(F)c(F)c(F)c1F. The topological polar surface area (TPSA) is 120 Å². The number of hydrogen-bond acceptors (Lipinski definition) is 7. The molecule has 1 aliphatic carbocycles. The van der Waals surface area contributed by atoms with Crippen LogP contribution in [0.3, 0.4) is 0 Å². The van der Waals surface area contributed by atoms with Crippen LogP contribution in [-0.2, 0) is 23.9 Å². The zero-order chi connectivity index (χ0) is 33.8. The minimum Gasteiger partial charge on any atom is -0.460 e. The molecule has 0 heterocycles. The van der Waals surface area contributed by atoms with Crippen LogP contribution in [0.15, 0.2) is 48.5 Å². The Balaban J connectivity index is 1.41. The number of fused-ring (bicyclic) bond motifs is 3. The molecule has 0 fully saturated rings. The normalized spacial score (nSPS) is 12.9. The molecule has 244 valence electrons. The number of carbonyl (C=O) groups is 4. The predicted octanol–water partition coefficient (Wildman–Crippen LogP) is 5.43. The van der Waals surface area contributed by atoms with E-state index in [1.54, 1.807) is 20.8 Å². The van der Waals surface area contributed by atoms with Gasteiger partial charge in [0.2, 0.25) is 40.7 Å². The van der Waals surface area contributed by atoms with Gasteiger partial charge in [-0.25, -0.2) is 22.8 Å². The van der Waals surface area contributed by atoms with E-state index in [1.165, 1.54) is 0 Å². The molecular weight excluding hydrogens is 619 g/mol. The second kappa shape index (κ2) is 14.0. The monoisotopic (exact) mass is 648 g/mol. The fraction of sp³-hybridized carbons (Fsp3) is 0.312. The lowest BCUT2D eigenvalue weighted by Gasteiger charge is -2.22. The van der Waals surface area contributed by atoms with Gasteiger partial charge in [-0.1, -0.05) is 48.5 Å². The Bertz CT molecular complexity index is 1600. The van der Waals surface area contributed by atoms with Gasteiger partial charge in [-0.2, -0.15) is 8.78 Å². The van der Waals surface area contributed by atoms with Crippen molar-refractivity contribution in [2.24, 2.45) is 0 Å². The molecule has 2 amide bonds. The van der Waals surface area contributed by atoms with Crippen LogP contribution in [0.5, 0.6) is 5.75 Å². The Morgan fingerprint density at radius 3 is 1.85 bits per heavy atom. The van der Waals surface area contributed by atoms with Gasteiger partial charge < -0.3 is 24.8 Å². The Morgan fingerprint density at radius 2 is 1.30 bits per heavy atom. The summed E-state index contributed by atoms with van der Waals surface area (Å²) in [5, 5.41) is 4.37. The first-order valence-electron chi connectivity index (χ1n) is 14.0. The molecule has 0 spiro atoms. The molecule has 0 saturated carbocycles. The number of rotatable bonds is 10. The van der Waals surface area contributed by atoms with Crippen molar-refractivity contribution in [1.29, 1.82) is 0 Å². The fourth-order valence-corrected chi connectivity index (χ4v) is 4.81. The second-order valence-corrected chi connectivity index (χ2v) is 11.2. The summed E-state index contributed by atoms with van der Waals surface area (Å²) in [4.78, 5) is 50.2. The fourth-order valence-electron chi connectivity index (χ4n) is 4.81. The molecule has 9 nitrogen and oxygen atoms in total. The molecule has 3 aromatic carbocycles. The molecule has 0 saturated heterocycles. The smallest absolute Gasteiger partial charge is 0.407 e. The number of esters is 2. The third kappa shape index (κ3) is 7.79. The number of alkyl carbamates (subject to hydrolysis) is 1. The van der Waals surface area contributed by atoms with E-state index in [9.17, 15) is 41.1 Å². The van der Waals surface area contributed by atoms with Crippen LogP contribution >= 0.6 is 0 Å². The Hall–Kier alpha value is -5.01. The Labute approximate surface area is 260 Å². The van der Waals surface area contributed by atoms with Crippen molar-refractivity contribution in [3.8, 4) is 16.9 Å². The molecule has 0 aromatic heterocycles. The highest BCUT2D eigenvalue weighted by molar-refractivity contribution is 5.89. The third-order valence-electron chi connectivity index (χ3n) is 6.80. The van der Waals surface area contributed by atoms with Crippen molar-refractivity contribution in [2.75, 3.05) is 13.2 Å². The Morgan fingerprint density at radius 1 is 0.783 bits per heavy atom. The highest BCUT2D eigenvalue weighted by Gasteiger charge is 2.31. The number of benzene rings is 3. The van der Waals surface area contributed by atoms with Crippen LogP contribution < -0.4 is 15.4 Å². The molecule has 2 N–H and O–H groups in total. The molecule has 4 rings (SSSR count). The molecule has 14 heteroatoms. The van der Waals surface area contributed by atoms with E-state index in [0.717, 1.165) is 22.3 Å². The number of halogens is 5. The summed E-state index contributed by atoms with van der Waals surface area (Å²) in [5.74, 6) is -17.4. The van der Waals surface area contributed by atoms with Gasteiger partial charge in [0, 0.05) is 12.3 Å². The molecule has 0 radical (unpaired) electrons. The molecule has 0 unspecified atom stereocenters. The molecular formula is C32H29F5N2O7. The number of amides is 2. The van der Waals surface area contributed by atoms with E-state index in [1.807, 2.05) is 53.8 Å². The molecule has 46 heavy (non-hydrogen) atoms. The predicted molar refractivity (Wildman–Crippen MR) is 152 cm³/mol. The zero-order valence-corrected chi connectivity index (χ0v) is 24.8. The van der Waals surface area contributed by atoms with Gasteiger partial charge in [-0.15, -0.1) is 0 Å². The van der Waals surface area contributed by atoms with Crippen LogP contribution in [0, 0.1) is 29.1 Å². The van der Waals surface area contributed by atoms with E-state index in [-0.39, 0.29) is 25.4 Å². The van der Waals surface area contributed by atoms with Crippen LogP contribution in [-0.4, -0.2) is 48.7 Å². The van der Waals surface area contributed by atoms with Crippen LogP contribution in [0.2, 0.25) is 0 Å². The van der Waals surface area contributed by atoms with E-state index in [2.05, 4.69) is 10.1 Å². The first-order valence-corrected chi connectivity index (χ1v) is 14.0. The maximum Gasteiger partial charge on any atom is 0.407 e. The minimum absolute atomic E-state index is 0.103. The number of hydrogen-bond donors (Lipinski definition) is 2. The van der Waals surface area contributed by atoms with Crippen molar-refractivity contribution in [1.82, 2.24) is 10.6 Å². The first kappa shape index (κ1) is 33.9. The summed E-state index contributed by atoms with van der Waals surface area (Å²) in [6, 6.07) is 13.7. The van der Waals surface area contributed by atoms with Crippen LogP contribution in [0.25, 0.3) is 11.1 Å². The lowest BCUT2D eigenvalue weighted by molar-refractivity contribution is -0.155. The van der Waals surface area contributed by atoms with Gasteiger partial charge in [0.25, 0.3) is 0 Å². The van der Waals surface area contributed by atoms with Crippen molar-refractivity contribution in [2.45, 2.75) is 51.2 Å². The molecule has 0 aliphatic heterocycles. The Kier molecular flexibility index (Phi) is 10.3. The maximum atomic E-state index is 13.9. The molecule has 3 aromatic rings. The van der Waals surface area contributed by atoms with Gasteiger partial charge in [0.05, 0.1) is 0 Å². The average molecular weight is 649 g/mol. The lowest BCUT2D eigenvalue weighted by atomic mass is 9.98. The lowest BCUT2D eigenvalue weighted by Crippen LogP contribution is -2.48. The van der Waals surface area contributed by atoms with Gasteiger partial charge in [0.1, 0.15) is 24.8 Å². The van der Waals surface area contributed by atoms with Crippen LogP contribution in [0.1, 0.15) is 50.7 Å². The highest BCUT2D eigenvalue weighted by atomic mass is 19.2. The summed E-state index contributed by atoms with van der Waals surface area (Å²) < 4.78 is 82.9. The summed E-state index contributed by atoms with van der Waals surface area (Å²) in [7, 11) is 0. The summed E-state index contributed by atoms with van der Waals surface area (Å²) in [5.41, 5.74) is 2.99. The third-order valence-corrected chi connectivity index (χ3v) is 6.80.